The first-order valence-corrected chi connectivity index (χ1v) is 5.66. The number of aldehydes is 1. The van der Waals surface area contributed by atoms with Gasteiger partial charge in [-0.25, -0.2) is 0 Å². The van der Waals surface area contributed by atoms with Gasteiger partial charge in [-0.3, -0.25) is 4.79 Å². The summed E-state index contributed by atoms with van der Waals surface area (Å²) in [5.74, 6) is 0.631. The molecule has 1 aromatic heterocycles. The number of anilines is 1. The summed E-state index contributed by atoms with van der Waals surface area (Å²) in [6.07, 6.45) is 3.19. The second-order valence-electron chi connectivity index (χ2n) is 3.56. The first-order chi connectivity index (χ1) is 8.24. The van der Waals surface area contributed by atoms with Crippen molar-refractivity contribution < 1.29 is 4.79 Å². The van der Waals surface area contributed by atoms with Gasteiger partial charge < -0.3 is 5.32 Å². The van der Waals surface area contributed by atoms with Crippen LogP contribution in [-0.4, -0.2) is 21.5 Å². The van der Waals surface area contributed by atoms with Crippen LogP contribution >= 0.6 is 12.2 Å². The predicted octanol–water partition coefficient (Wildman–Crippen LogP) is 2.59. The minimum absolute atomic E-state index is 0.620. The predicted molar refractivity (Wildman–Crippen MR) is 71.4 cm³/mol. The van der Waals surface area contributed by atoms with Crippen LogP contribution in [0.4, 0.5) is 5.82 Å². The van der Waals surface area contributed by atoms with Crippen LogP contribution in [0, 0.1) is 0 Å². The molecule has 4 nitrogen and oxygen atoms in total. The second-order valence-corrected chi connectivity index (χ2v) is 4.05. The topological polar surface area (TPSA) is 54.9 Å². The van der Waals surface area contributed by atoms with Crippen LogP contribution in [0.2, 0.25) is 0 Å². The zero-order chi connectivity index (χ0) is 12.3. The molecule has 0 aliphatic carbocycles. The summed E-state index contributed by atoms with van der Waals surface area (Å²) in [6, 6.07) is 5.36. The van der Waals surface area contributed by atoms with Gasteiger partial charge in [0.2, 0.25) is 0 Å². The van der Waals surface area contributed by atoms with Crippen molar-refractivity contribution in [3.05, 3.63) is 30.0 Å². The molecule has 0 aliphatic rings. The number of nitrogens with one attached hydrogen (secondary N) is 1. The molecule has 1 N–H and O–H groups in total. The highest BCUT2D eigenvalue weighted by Crippen LogP contribution is 2.20. The van der Waals surface area contributed by atoms with E-state index in [-0.39, 0.29) is 0 Å². The Hall–Kier alpha value is -1.88. The quantitative estimate of drug-likeness (QED) is 0.665. The Morgan fingerprint density at radius 2 is 2.35 bits per heavy atom. The summed E-state index contributed by atoms with van der Waals surface area (Å²) < 4.78 is 0. The van der Waals surface area contributed by atoms with E-state index in [2.05, 4.69) is 15.5 Å². The zero-order valence-corrected chi connectivity index (χ0v) is 10.1. The second kappa shape index (κ2) is 4.97. The minimum Gasteiger partial charge on any atom is -0.333 e. The van der Waals surface area contributed by atoms with Gasteiger partial charge in [0.25, 0.3) is 0 Å². The third-order valence-corrected chi connectivity index (χ3v) is 2.79. The third-order valence-electron chi connectivity index (χ3n) is 2.40. The van der Waals surface area contributed by atoms with Gasteiger partial charge in [-0.2, -0.15) is 5.10 Å². The van der Waals surface area contributed by atoms with Crippen molar-refractivity contribution in [2.75, 3.05) is 5.32 Å². The maximum atomic E-state index is 10.7. The highest BCUT2D eigenvalue weighted by Gasteiger charge is 2.05. The molecule has 1 heterocycles. The van der Waals surface area contributed by atoms with Crippen LogP contribution in [0.3, 0.4) is 0 Å². The molecule has 0 amide bonds. The van der Waals surface area contributed by atoms with Crippen molar-refractivity contribution in [3.8, 4) is 0 Å². The van der Waals surface area contributed by atoms with Crippen molar-refractivity contribution in [3.63, 3.8) is 0 Å². The maximum Gasteiger partial charge on any atom is 0.161 e. The molecule has 86 valence electrons. The van der Waals surface area contributed by atoms with E-state index in [0.29, 0.717) is 16.4 Å². The fraction of sp³-hybridized carbons (Fsp3) is 0.167. The van der Waals surface area contributed by atoms with E-state index >= 15 is 0 Å². The normalized spacial score (nSPS) is 10.2. The highest BCUT2D eigenvalue weighted by atomic mass is 32.1. The number of rotatable bonds is 3. The summed E-state index contributed by atoms with van der Waals surface area (Å²) in [4.78, 5) is 11.4. The fourth-order valence-electron chi connectivity index (χ4n) is 1.49. The number of nitrogens with zero attached hydrogens (tertiary/aromatic N) is 2. The van der Waals surface area contributed by atoms with Gasteiger partial charge in [-0.1, -0.05) is 25.2 Å². The standard InChI is InChI=1S/C12H11N3OS/c1-2-11(17)14-12-10-4-3-8(7-16)5-9(10)6-13-15-12/h3-7H,2H2,1H3,(H,14,15,17). The average molecular weight is 245 g/mol. The number of fused-ring (bicyclic) bond motifs is 1. The van der Waals surface area contributed by atoms with Crippen LogP contribution in [0.25, 0.3) is 10.8 Å². The molecule has 2 rings (SSSR count). The molecule has 0 aliphatic heterocycles. The molecular weight excluding hydrogens is 234 g/mol. The Morgan fingerprint density at radius 3 is 3.06 bits per heavy atom. The van der Waals surface area contributed by atoms with Crippen molar-refractivity contribution in [1.82, 2.24) is 10.2 Å². The Morgan fingerprint density at radius 1 is 1.53 bits per heavy atom. The fourth-order valence-corrected chi connectivity index (χ4v) is 1.59. The maximum absolute atomic E-state index is 10.7. The van der Waals surface area contributed by atoms with E-state index in [1.54, 1.807) is 18.3 Å². The smallest absolute Gasteiger partial charge is 0.161 e. The highest BCUT2D eigenvalue weighted by molar-refractivity contribution is 7.80. The summed E-state index contributed by atoms with van der Waals surface area (Å²) in [6.45, 7) is 1.97. The Kier molecular flexibility index (Phi) is 3.39. The average Bonchev–Trinajstić information content (AvgIpc) is 2.38. The lowest BCUT2D eigenvalue weighted by Gasteiger charge is -2.07. The van der Waals surface area contributed by atoms with Gasteiger partial charge in [-0.05, 0) is 18.6 Å². The molecule has 0 atom stereocenters. The summed E-state index contributed by atoms with van der Waals surface area (Å²) in [7, 11) is 0. The molecule has 0 spiro atoms. The van der Waals surface area contributed by atoms with Gasteiger partial charge in [0, 0.05) is 16.3 Å². The van der Waals surface area contributed by atoms with Crippen LogP contribution in [0.1, 0.15) is 23.7 Å². The van der Waals surface area contributed by atoms with E-state index < -0.39 is 0 Å². The number of hydrogen-bond donors (Lipinski definition) is 1. The first kappa shape index (κ1) is 11.6. The van der Waals surface area contributed by atoms with Crippen LogP contribution < -0.4 is 5.32 Å². The lowest BCUT2D eigenvalue weighted by molar-refractivity contribution is 0.112. The number of aromatic nitrogens is 2. The van der Waals surface area contributed by atoms with Crippen LogP contribution in [-0.2, 0) is 0 Å². The number of thiocarbonyl (C=S) groups is 1. The number of benzene rings is 1. The first-order valence-electron chi connectivity index (χ1n) is 5.25. The van der Waals surface area contributed by atoms with Gasteiger partial charge in [-0.15, -0.1) is 5.10 Å². The molecule has 17 heavy (non-hydrogen) atoms. The van der Waals surface area contributed by atoms with Gasteiger partial charge in [0.05, 0.1) is 11.2 Å². The Labute approximate surface area is 104 Å². The molecule has 0 bridgehead atoms. The lowest BCUT2D eigenvalue weighted by Crippen LogP contribution is -2.09. The lowest BCUT2D eigenvalue weighted by atomic mass is 10.1. The van der Waals surface area contributed by atoms with Crippen molar-refractivity contribution >= 4 is 40.1 Å². The Bertz CT molecular complexity index is 583. The summed E-state index contributed by atoms with van der Waals surface area (Å²) in [5.41, 5.74) is 0.620. The monoisotopic (exact) mass is 245 g/mol. The van der Waals surface area contributed by atoms with Crippen molar-refractivity contribution in [1.29, 1.82) is 0 Å². The largest absolute Gasteiger partial charge is 0.333 e. The summed E-state index contributed by atoms with van der Waals surface area (Å²) >= 11 is 5.11. The van der Waals surface area contributed by atoms with Gasteiger partial charge in [0.1, 0.15) is 6.29 Å². The van der Waals surface area contributed by atoms with Crippen molar-refractivity contribution in [2.24, 2.45) is 0 Å². The molecule has 5 heteroatoms. The molecule has 0 saturated heterocycles. The van der Waals surface area contributed by atoms with E-state index in [1.165, 1.54) is 0 Å². The molecule has 0 fully saturated rings. The van der Waals surface area contributed by atoms with E-state index in [9.17, 15) is 4.79 Å². The summed E-state index contributed by atoms with van der Waals surface area (Å²) in [5, 5.41) is 12.7. The van der Waals surface area contributed by atoms with E-state index in [0.717, 1.165) is 23.5 Å². The molecule has 0 unspecified atom stereocenters. The van der Waals surface area contributed by atoms with Crippen LogP contribution in [0.15, 0.2) is 24.4 Å². The number of hydrogen-bond acceptors (Lipinski definition) is 4. The zero-order valence-electron chi connectivity index (χ0n) is 9.30. The number of carbonyl (C=O) groups excluding carboxylic acids is 1. The van der Waals surface area contributed by atoms with Gasteiger partial charge >= 0.3 is 0 Å². The third kappa shape index (κ3) is 2.45. The van der Waals surface area contributed by atoms with E-state index in [4.69, 9.17) is 12.2 Å². The Balaban J connectivity index is 2.50. The molecule has 2 aromatic rings. The number of carbonyl (C=O) groups is 1. The van der Waals surface area contributed by atoms with Gasteiger partial charge in [0.15, 0.2) is 5.82 Å². The SMILES string of the molecule is CCC(=S)Nc1nncc2cc(C=O)ccc12. The minimum atomic E-state index is 0.620. The molecular formula is C12H11N3OS. The molecule has 0 radical (unpaired) electrons. The van der Waals surface area contributed by atoms with Crippen molar-refractivity contribution in [2.45, 2.75) is 13.3 Å². The molecule has 0 saturated carbocycles. The van der Waals surface area contributed by atoms with E-state index in [1.807, 2.05) is 13.0 Å². The van der Waals surface area contributed by atoms with Crippen LogP contribution in [0.5, 0.6) is 0 Å². The molecule has 1 aromatic carbocycles.